The number of quaternary nitrogens is 1. The second-order valence-electron chi connectivity index (χ2n) is 5.94. The summed E-state index contributed by atoms with van der Waals surface area (Å²) in [6.07, 6.45) is 0. The average Bonchev–Trinajstić information content (AvgIpc) is 2.59. The van der Waals surface area contributed by atoms with Gasteiger partial charge in [-0.1, -0.05) is 24.3 Å². The lowest BCUT2D eigenvalue weighted by molar-refractivity contribution is -0.872. The van der Waals surface area contributed by atoms with Gasteiger partial charge in [0.25, 0.3) is 5.91 Å². The number of hydrogen-bond donors (Lipinski definition) is 2. The molecule has 0 fully saturated rings. The predicted molar refractivity (Wildman–Crippen MR) is 93.3 cm³/mol. The molecule has 0 aliphatic rings. The summed E-state index contributed by atoms with van der Waals surface area (Å²) in [7, 11) is 5.85. The van der Waals surface area contributed by atoms with Crippen molar-refractivity contribution in [1.29, 1.82) is 0 Å². The van der Waals surface area contributed by atoms with Crippen LogP contribution in [0.15, 0.2) is 48.5 Å². The lowest BCUT2D eigenvalue weighted by atomic mass is 10.1. The highest BCUT2D eigenvalue weighted by Gasteiger charge is 2.04. The number of carbonyl (C=O) groups excluding carboxylic acids is 1. The van der Waals surface area contributed by atoms with E-state index in [0.29, 0.717) is 12.3 Å². The molecular formula is C19H25N2O3+. The zero-order valence-electron chi connectivity index (χ0n) is 14.5. The van der Waals surface area contributed by atoms with E-state index in [0.717, 1.165) is 17.9 Å². The third-order valence-electron chi connectivity index (χ3n) is 3.50. The highest BCUT2D eigenvalue weighted by molar-refractivity contribution is 5.77. The van der Waals surface area contributed by atoms with Gasteiger partial charge in [-0.25, -0.2) is 0 Å². The molecule has 5 heteroatoms. The molecule has 2 aromatic carbocycles. The van der Waals surface area contributed by atoms with E-state index in [1.54, 1.807) is 31.4 Å². The molecule has 0 aliphatic heterocycles. The van der Waals surface area contributed by atoms with Gasteiger partial charge in [-0.15, -0.1) is 0 Å². The van der Waals surface area contributed by atoms with E-state index in [2.05, 4.69) is 31.5 Å². The molecule has 2 N–H and O–H groups in total. The first-order valence-electron chi connectivity index (χ1n) is 7.97. The van der Waals surface area contributed by atoms with Crippen molar-refractivity contribution in [3.63, 3.8) is 0 Å². The second kappa shape index (κ2) is 8.93. The van der Waals surface area contributed by atoms with Crippen molar-refractivity contribution >= 4 is 5.91 Å². The van der Waals surface area contributed by atoms with Gasteiger partial charge in [-0.2, -0.15) is 0 Å². The van der Waals surface area contributed by atoms with Crippen LogP contribution in [0.4, 0.5) is 0 Å². The summed E-state index contributed by atoms with van der Waals surface area (Å²) in [5.74, 6) is 1.25. The Balaban J connectivity index is 1.74. The highest BCUT2D eigenvalue weighted by Crippen LogP contribution is 2.16. The van der Waals surface area contributed by atoms with Crippen LogP contribution >= 0.6 is 0 Å². The molecule has 0 aliphatic carbocycles. The van der Waals surface area contributed by atoms with Gasteiger partial charge in [0.2, 0.25) is 0 Å². The molecule has 2 rings (SSSR count). The minimum Gasteiger partial charge on any atom is -0.497 e. The molecule has 0 aromatic heterocycles. The molecule has 0 unspecified atom stereocenters. The minimum absolute atomic E-state index is 0.00555. The van der Waals surface area contributed by atoms with Gasteiger partial charge in [0.15, 0.2) is 6.61 Å². The molecule has 0 saturated heterocycles. The van der Waals surface area contributed by atoms with Crippen LogP contribution < -0.4 is 19.7 Å². The molecule has 128 valence electrons. The maximum Gasteiger partial charge on any atom is 0.258 e. The lowest BCUT2D eigenvalue weighted by Gasteiger charge is -2.10. The van der Waals surface area contributed by atoms with Crippen molar-refractivity contribution in [3.05, 3.63) is 59.7 Å². The zero-order chi connectivity index (χ0) is 17.4. The summed E-state index contributed by atoms with van der Waals surface area (Å²) in [5.41, 5.74) is 2.36. The number of nitrogens with one attached hydrogen (secondary N) is 2. The van der Waals surface area contributed by atoms with Gasteiger partial charge in [-0.05, 0) is 29.8 Å². The van der Waals surface area contributed by atoms with Crippen LogP contribution in [0.5, 0.6) is 11.5 Å². The Labute approximate surface area is 143 Å². The Morgan fingerprint density at radius 3 is 2.12 bits per heavy atom. The molecule has 0 spiro atoms. The average molecular weight is 329 g/mol. The summed E-state index contributed by atoms with van der Waals surface area (Å²) < 4.78 is 10.5. The number of amides is 1. The third kappa shape index (κ3) is 5.93. The quantitative estimate of drug-likeness (QED) is 0.761. The van der Waals surface area contributed by atoms with Crippen molar-refractivity contribution in [2.24, 2.45) is 0 Å². The standard InChI is InChI=1S/C19H24N2O3/c1-21(2)13-16-6-4-15(5-7-16)12-20-19(22)14-24-18-10-8-17(23-3)9-11-18/h4-11H,12-14H2,1-3H3,(H,20,22)/p+1. The Morgan fingerprint density at radius 2 is 1.54 bits per heavy atom. The van der Waals surface area contributed by atoms with Gasteiger partial charge in [0.05, 0.1) is 21.2 Å². The maximum atomic E-state index is 11.9. The fourth-order valence-corrected chi connectivity index (χ4v) is 2.26. The first-order valence-corrected chi connectivity index (χ1v) is 7.97. The molecule has 0 saturated carbocycles. The number of methoxy groups -OCH3 is 1. The van der Waals surface area contributed by atoms with Gasteiger partial charge in [-0.3, -0.25) is 4.79 Å². The molecule has 0 heterocycles. The van der Waals surface area contributed by atoms with Crippen molar-refractivity contribution in [3.8, 4) is 11.5 Å². The largest absolute Gasteiger partial charge is 0.497 e. The lowest BCUT2D eigenvalue weighted by Crippen LogP contribution is -3.04. The van der Waals surface area contributed by atoms with Crippen molar-refractivity contribution < 1.29 is 19.2 Å². The van der Waals surface area contributed by atoms with Gasteiger partial charge in [0.1, 0.15) is 18.0 Å². The summed E-state index contributed by atoms with van der Waals surface area (Å²) in [5, 5.41) is 2.86. The Bertz CT molecular complexity index is 637. The van der Waals surface area contributed by atoms with Crippen molar-refractivity contribution in [2.75, 3.05) is 27.8 Å². The first-order chi connectivity index (χ1) is 11.6. The normalized spacial score (nSPS) is 10.5. The summed E-state index contributed by atoms with van der Waals surface area (Å²) in [6.45, 7) is 1.48. The number of rotatable bonds is 8. The minimum atomic E-state index is -0.146. The molecule has 0 atom stereocenters. The van der Waals surface area contributed by atoms with E-state index in [1.165, 1.54) is 10.5 Å². The molecule has 0 bridgehead atoms. The van der Waals surface area contributed by atoms with Crippen LogP contribution in [0, 0.1) is 0 Å². The molecule has 0 radical (unpaired) electrons. The smallest absolute Gasteiger partial charge is 0.258 e. The van der Waals surface area contributed by atoms with Crippen LogP contribution in [0.3, 0.4) is 0 Å². The highest BCUT2D eigenvalue weighted by atomic mass is 16.5. The zero-order valence-corrected chi connectivity index (χ0v) is 14.5. The van der Waals surface area contributed by atoms with Gasteiger partial charge in [0, 0.05) is 12.1 Å². The fourth-order valence-electron chi connectivity index (χ4n) is 2.26. The molecule has 2 aromatic rings. The number of ether oxygens (including phenoxy) is 2. The second-order valence-corrected chi connectivity index (χ2v) is 5.94. The van der Waals surface area contributed by atoms with Crippen LogP contribution in [-0.2, 0) is 17.9 Å². The molecule has 5 nitrogen and oxygen atoms in total. The number of hydrogen-bond acceptors (Lipinski definition) is 3. The summed E-state index contributed by atoms with van der Waals surface area (Å²) in [6, 6.07) is 15.4. The van der Waals surface area contributed by atoms with Crippen LogP contribution in [-0.4, -0.2) is 33.7 Å². The maximum absolute atomic E-state index is 11.9. The monoisotopic (exact) mass is 329 g/mol. The SMILES string of the molecule is COc1ccc(OCC(=O)NCc2ccc(C[NH+](C)C)cc2)cc1. The van der Waals surface area contributed by atoms with Gasteiger partial charge < -0.3 is 19.7 Å². The van der Waals surface area contributed by atoms with Crippen LogP contribution in [0.25, 0.3) is 0 Å². The predicted octanol–water partition coefficient (Wildman–Crippen LogP) is 1.03. The first kappa shape index (κ1) is 17.8. The number of carbonyl (C=O) groups is 1. The van der Waals surface area contributed by atoms with Gasteiger partial charge >= 0.3 is 0 Å². The third-order valence-corrected chi connectivity index (χ3v) is 3.50. The van der Waals surface area contributed by atoms with Crippen molar-refractivity contribution in [1.82, 2.24) is 5.32 Å². The summed E-state index contributed by atoms with van der Waals surface area (Å²) >= 11 is 0. The van der Waals surface area contributed by atoms with E-state index in [4.69, 9.17) is 9.47 Å². The van der Waals surface area contributed by atoms with E-state index in [-0.39, 0.29) is 12.5 Å². The topological polar surface area (TPSA) is 52.0 Å². The molecule has 1 amide bonds. The Hall–Kier alpha value is -2.53. The van der Waals surface area contributed by atoms with E-state index in [1.807, 2.05) is 12.1 Å². The van der Waals surface area contributed by atoms with E-state index < -0.39 is 0 Å². The van der Waals surface area contributed by atoms with Crippen molar-refractivity contribution in [2.45, 2.75) is 13.1 Å². The van der Waals surface area contributed by atoms with Crippen LogP contribution in [0.2, 0.25) is 0 Å². The molecule has 24 heavy (non-hydrogen) atoms. The summed E-state index contributed by atoms with van der Waals surface area (Å²) in [4.78, 5) is 13.2. The molecular weight excluding hydrogens is 304 g/mol. The Kier molecular flexibility index (Phi) is 6.63. The van der Waals surface area contributed by atoms with Crippen LogP contribution in [0.1, 0.15) is 11.1 Å². The van der Waals surface area contributed by atoms with E-state index >= 15 is 0 Å². The van der Waals surface area contributed by atoms with E-state index in [9.17, 15) is 4.79 Å². The Morgan fingerprint density at radius 1 is 0.958 bits per heavy atom. The number of benzene rings is 2. The fraction of sp³-hybridized carbons (Fsp3) is 0.316.